The number of Topliss-reactive ketones (excluding diaryl/α,β-unsaturated/α-hetero) is 1. The van der Waals surface area contributed by atoms with Crippen molar-refractivity contribution in [1.82, 2.24) is 14.3 Å². The van der Waals surface area contributed by atoms with Gasteiger partial charge in [0, 0.05) is 25.5 Å². The van der Waals surface area contributed by atoms with Crippen LogP contribution in [0.5, 0.6) is 0 Å². The quantitative estimate of drug-likeness (QED) is 0.216. The molecule has 2 N–H and O–H groups in total. The summed E-state index contributed by atoms with van der Waals surface area (Å²) in [6.07, 6.45) is 2.16. The van der Waals surface area contributed by atoms with Crippen LogP contribution in [0.15, 0.2) is 94.4 Å². The molecule has 0 amide bonds. The number of carbonyl (C=O) groups excluding carboxylic acids is 1. The summed E-state index contributed by atoms with van der Waals surface area (Å²) >= 11 is 1.08. The molecule has 1 aliphatic carbocycles. The van der Waals surface area contributed by atoms with Crippen molar-refractivity contribution in [3.63, 3.8) is 0 Å². The maximum absolute atomic E-state index is 14.2. The predicted molar refractivity (Wildman–Crippen MR) is 145 cm³/mol. The number of allylic oxidation sites excluding steroid dienone is 2. The number of hydrogen-bond donors (Lipinski definition) is 1. The largest absolute Gasteiger partial charge is 0.416 e. The van der Waals surface area contributed by atoms with Crippen LogP contribution in [0.3, 0.4) is 0 Å². The fourth-order valence-electron chi connectivity index (χ4n) is 4.97. The number of aliphatic imine (C=N–C) groups is 1. The zero-order chi connectivity index (χ0) is 28.5. The maximum Gasteiger partial charge on any atom is 0.416 e. The van der Waals surface area contributed by atoms with Gasteiger partial charge < -0.3 is 5.73 Å². The number of pyridine rings is 2. The van der Waals surface area contributed by atoms with Gasteiger partial charge in [0.05, 0.1) is 22.4 Å². The molecule has 0 spiro atoms. The van der Waals surface area contributed by atoms with Gasteiger partial charge >= 0.3 is 6.18 Å². The Morgan fingerprint density at radius 2 is 1.88 bits per heavy atom. The summed E-state index contributed by atoms with van der Waals surface area (Å²) in [6.45, 7) is 2.54. The topological polar surface area (TPSA) is 84.5 Å². The Bertz CT molecular complexity index is 1530. The van der Waals surface area contributed by atoms with Gasteiger partial charge in [0.15, 0.2) is 5.78 Å². The van der Waals surface area contributed by atoms with Crippen LogP contribution in [-0.2, 0) is 6.18 Å². The van der Waals surface area contributed by atoms with Crippen LogP contribution in [0.1, 0.15) is 34.5 Å². The maximum atomic E-state index is 14.2. The molecule has 3 aromatic rings. The number of aromatic nitrogens is 2. The Kier molecular flexibility index (Phi) is 7.61. The van der Waals surface area contributed by atoms with Crippen LogP contribution in [0.2, 0.25) is 0 Å². The number of fused-ring (bicyclic) bond motifs is 1. The molecule has 2 aromatic heterocycles. The Balaban J connectivity index is 1.54. The second-order valence-electron chi connectivity index (χ2n) is 9.73. The summed E-state index contributed by atoms with van der Waals surface area (Å²) in [5.74, 6) is -0.583. The summed E-state index contributed by atoms with van der Waals surface area (Å²) in [6, 6.07) is 11.2. The molecule has 40 heavy (non-hydrogen) atoms. The summed E-state index contributed by atoms with van der Waals surface area (Å²) in [5, 5.41) is 0.183. The Hall–Kier alpha value is -3.83. The van der Waals surface area contributed by atoms with Gasteiger partial charge in [-0.1, -0.05) is 5.57 Å². The number of benzene rings is 1. The Morgan fingerprint density at radius 1 is 1.12 bits per heavy atom. The molecule has 3 heterocycles. The molecule has 0 bridgehead atoms. The molecule has 1 fully saturated rings. The molecular formula is C29H25F4N5OS. The molecule has 11 heteroatoms. The number of rotatable bonds is 5. The van der Waals surface area contributed by atoms with Crippen molar-refractivity contribution in [3.05, 3.63) is 107 Å². The summed E-state index contributed by atoms with van der Waals surface area (Å²) in [7, 11) is 0. The average Bonchev–Trinajstić information content (AvgIpc) is 2.93. The lowest BCUT2D eigenvalue weighted by molar-refractivity contribution is -0.137. The van der Waals surface area contributed by atoms with E-state index in [1.807, 2.05) is 17.3 Å². The van der Waals surface area contributed by atoms with Crippen LogP contribution in [0.4, 0.5) is 23.2 Å². The van der Waals surface area contributed by atoms with E-state index in [2.05, 4.69) is 15.0 Å². The third-order valence-electron chi connectivity index (χ3n) is 6.97. The molecule has 6 nitrogen and oxygen atoms in total. The molecule has 1 saturated heterocycles. The van der Waals surface area contributed by atoms with Gasteiger partial charge in [-0.25, -0.2) is 18.7 Å². The number of halogens is 4. The van der Waals surface area contributed by atoms with Crippen molar-refractivity contribution < 1.29 is 22.4 Å². The van der Waals surface area contributed by atoms with Crippen LogP contribution >= 0.6 is 11.9 Å². The highest BCUT2D eigenvalue weighted by molar-refractivity contribution is 7.97. The van der Waals surface area contributed by atoms with E-state index in [0.29, 0.717) is 35.6 Å². The van der Waals surface area contributed by atoms with Crippen molar-refractivity contribution in [1.29, 1.82) is 0 Å². The zero-order valence-corrected chi connectivity index (χ0v) is 22.3. The molecular weight excluding hydrogens is 542 g/mol. The first-order chi connectivity index (χ1) is 19.1. The monoisotopic (exact) mass is 567 g/mol. The van der Waals surface area contributed by atoms with Gasteiger partial charge in [0.25, 0.3) is 0 Å². The van der Waals surface area contributed by atoms with Crippen LogP contribution in [0, 0.1) is 18.2 Å². The van der Waals surface area contributed by atoms with E-state index in [0.717, 1.165) is 41.4 Å². The highest BCUT2D eigenvalue weighted by Crippen LogP contribution is 2.48. The third-order valence-corrected chi connectivity index (χ3v) is 7.95. The van der Waals surface area contributed by atoms with Crippen molar-refractivity contribution in [2.24, 2.45) is 16.1 Å². The number of nitrogens with two attached hydrogens (primary N) is 1. The van der Waals surface area contributed by atoms with Gasteiger partial charge in [-0.3, -0.25) is 9.78 Å². The predicted octanol–water partition coefficient (Wildman–Crippen LogP) is 6.47. The van der Waals surface area contributed by atoms with E-state index < -0.39 is 17.2 Å². The minimum absolute atomic E-state index is 0.183. The second-order valence-corrected chi connectivity index (χ2v) is 10.8. The third kappa shape index (κ3) is 5.71. The first-order valence-electron chi connectivity index (χ1n) is 12.5. The second kappa shape index (κ2) is 11.0. The van der Waals surface area contributed by atoms with Crippen molar-refractivity contribution in [2.45, 2.75) is 31.0 Å². The van der Waals surface area contributed by atoms with Crippen molar-refractivity contribution in [3.8, 4) is 0 Å². The first kappa shape index (κ1) is 27.7. The number of alkyl halides is 3. The normalized spacial score (nSPS) is 21.8. The highest BCUT2D eigenvalue weighted by Gasteiger charge is 2.49. The number of aryl methyl sites for hydroxylation is 1. The zero-order valence-electron chi connectivity index (χ0n) is 21.5. The van der Waals surface area contributed by atoms with Gasteiger partial charge in [0.2, 0.25) is 0 Å². The van der Waals surface area contributed by atoms with Crippen molar-refractivity contribution >= 4 is 29.1 Å². The minimum Gasteiger partial charge on any atom is -0.404 e. The molecule has 1 atom stereocenters. The van der Waals surface area contributed by atoms with Crippen molar-refractivity contribution in [2.75, 3.05) is 13.1 Å². The number of piperidine rings is 1. The lowest BCUT2D eigenvalue weighted by Gasteiger charge is -2.45. The highest BCUT2D eigenvalue weighted by atomic mass is 32.2. The number of ketones is 1. The number of hydrogen-bond acceptors (Lipinski definition) is 7. The fraction of sp³-hybridized carbons (Fsp3) is 0.241. The standard InChI is InChI=1S/C29H25F4N5OS/c1-18-6-9-35-25(12-18)27(39)28-15-19(16-34)24(37-23-4-2-22(30)3-5-23)13-20(28)8-11-38(17-28)40-26-14-21(7-10-36-26)29(31,32)33/h2-7,9-10,12-14,16H,8,11,15,17,34H2,1H3. The average molecular weight is 568 g/mol. The van der Waals surface area contributed by atoms with E-state index in [-0.39, 0.29) is 29.6 Å². The summed E-state index contributed by atoms with van der Waals surface area (Å²) in [5.41, 5.74) is 7.92. The lowest BCUT2D eigenvalue weighted by atomic mass is 9.64. The summed E-state index contributed by atoms with van der Waals surface area (Å²) < 4.78 is 55.2. The number of carbonyl (C=O) groups is 1. The lowest BCUT2D eigenvalue weighted by Crippen LogP contribution is -2.49. The molecule has 0 saturated carbocycles. The van der Waals surface area contributed by atoms with Crippen LogP contribution < -0.4 is 5.73 Å². The molecule has 2 aliphatic rings. The van der Waals surface area contributed by atoms with E-state index in [4.69, 9.17) is 5.73 Å². The molecule has 0 radical (unpaired) electrons. The fourth-order valence-corrected chi connectivity index (χ4v) is 5.99. The molecule has 1 unspecified atom stereocenters. The van der Waals surface area contributed by atoms with Gasteiger partial charge in [0.1, 0.15) is 16.5 Å². The van der Waals surface area contributed by atoms with E-state index in [9.17, 15) is 22.4 Å². The van der Waals surface area contributed by atoms with Gasteiger partial charge in [-0.15, -0.1) is 0 Å². The molecule has 206 valence electrons. The van der Waals surface area contributed by atoms with E-state index in [1.165, 1.54) is 18.3 Å². The molecule has 1 aromatic carbocycles. The van der Waals surface area contributed by atoms with Crippen LogP contribution in [0.25, 0.3) is 0 Å². The van der Waals surface area contributed by atoms with Gasteiger partial charge in [-0.2, -0.15) is 13.2 Å². The van der Waals surface area contributed by atoms with E-state index in [1.54, 1.807) is 30.5 Å². The SMILES string of the molecule is Cc1ccnc(C(=O)C23CC(=CN)C(=Nc4ccc(F)cc4)C=C2CCN(Sc2cc(C(F)(F)F)ccn2)C3)c1. The van der Waals surface area contributed by atoms with E-state index >= 15 is 0 Å². The molecule has 1 aliphatic heterocycles. The smallest absolute Gasteiger partial charge is 0.404 e. The van der Waals surface area contributed by atoms with Crippen LogP contribution in [-0.4, -0.2) is 38.9 Å². The first-order valence-corrected chi connectivity index (χ1v) is 13.2. The summed E-state index contributed by atoms with van der Waals surface area (Å²) in [4.78, 5) is 27.3. The van der Waals surface area contributed by atoms with Gasteiger partial charge in [-0.05, 0) is 104 Å². The number of nitrogens with zero attached hydrogens (tertiary/aromatic N) is 4. The Morgan fingerprint density at radius 3 is 2.58 bits per heavy atom. The minimum atomic E-state index is -4.49. The Labute approximate surface area is 232 Å². The molecule has 5 rings (SSSR count).